The van der Waals surface area contributed by atoms with E-state index < -0.39 is 0 Å². The fraction of sp³-hybridized carbons (Fsp3) is 0.375. The molecule has 0 saturated carbocycles. The third kappa shape index (κ3) is 3.55. The summed E-state index contributed by atoms with van der Waals surface area (Å²) in [6.45, 7) is 0. The molecule has 2 bridgehead atoms. The highest BCUT2D eigenvalue weighted by Gasteiger charge is 2.39. The molecule has 168 valence electrons. The Balaban J connectivity index is 0.00000245. The molecule has 1 aromatic heterocycles. The van der Waals surface area contributed by atoms with Gasteiger partial charge in [0.05, 0.1) is 21.7 Å². The molecule has 1 amide bonds. The Kier molecular flexibility index (Phi) is 5.97. The van der Waals surface area contributed by atoms with Crippen LogP contribution in [-0.4, -0.2) is 45.5 Å². The Bertz CT molecular complexity index is 1180. The smallest absolute Gasteiger partial charge is 0.278 e. The Labute approximate surface area is 193 Å². The van der Waals surface area contributed by atoms with E-state index in [0.29, 0.717) is 28.9 Å². The van der Waals surface area contributed by atoms with Gasteiger partial charge in [-0.15, -0.1) is 12.4 Å². The molecule has 0 aliphatic carbocycles. The van der Waals surface area contributed by atoms with Crippen LogP contribution in [0.2, 0.25) is 0 Å². The number of carbonyl (C=O) groups excluding carboxylic acids is 1. The number of nitrogens with one attached hydrogen (secondary N) is 1. The van der Waals surface area contributed by atoms with Crippen molar-refractivity contribution in [2.45, 2.75) is 43.8 Å². The number of fused-ring (bicyclic) bond motifs is 3. The van der Waals surface area contributed by atoms with Crippen molar-refractivity contribution in [3.63, 3.8) is 0 Å². The lowest BCUT2D eigenvalue weighted by molar-refractivity contribution is -0.384. The van der Waals surface area contributed by atoms with Crippen LogP contribution < -0.4 is 5.32 Å². The maximum Gasteiger partial charge on any atom is 0.278 e. The molecule has 2 fully saturated rings. The van der Waals surface area contributed by atoms with Gasteiger partial charge >= 0.3 is 0 Å². The van der Waals surface area contributed by atoms with Gasteiger partial charge in [0.25, 0.3) is 11.6 Å². The van der Waals surface area contributed by atoms with Crippen molar-refractivity contribution in [2.24, 2.45) is 7.05 Å². The van der Waals surface area contributed by atoms with Gasteiger partial charge < -0.3 is 14.8 Å². The Hall–Kier alpha value is -2.90. The molecule has 1 N–H and O–H groups in total. The summed E-state index contributed by atoms with van der Waals surface area (Å²) in [6, 6.07) is 15.5. The van der Waals surface area contributed by atoms with Crippen LogP contribution in [0, 0.1) is 10.1 Å². The summed E-state index contributed by atoms with van der Waals surface area (Å²) in [5, 5.41) is 15.8. The maximum atomic E-state index is 13.6. The van der Waals surface area contributed by atoms with E-state index in [0.717, 1.165) is 23.7 Å². The first-order valence-corrected chi connectivity index (χ1v) is 10.8. The number of hydrogen-bond donors (Lipinski definition) is 1. The topological polar surface area (TPSA) is 80.4 Å². The molecule has 0 spiro atoms. The lowest BCUT2D eigenvalue weighted by Gasteiger charge is -2.36. The number of piperidine rings is 1. The van der Waals surface area contributed by atoms with Gasteiger partial charge in [0.15, 0.2) is 0 Å². The number of carbonyl (C=O) groups is 1. The molecule has 3 aromatic rings. The van der Waals surface area contributed by atoms with E-state index in [2.05, 4.69) is 17.3 Å². The lowest BCUT2D eigenvalue weighted by Crippen LogP contribution is -2.48. The second-order valence-electron chi connectivity index (χ2n) is 8.77. The van der Waals surface area contributed by atoms with Crippen LogP contribution in [-0.2, 0) is 7.05 Å². The molecule has 2 aromatic carbocycles. The van der Waals surface area contributed by atoms with E-state index in [-0.39, 0.29) is 35.0 Å². The highest BCUT2D eigenvalue weighted by atomic mass is 35.5. The first-order valence-electron chi connectivity index (χ1n) is 10.8. The molecule has 7 nitrogen and oxygen atoms in total. The molecule has 2 aliphatic rings. The van der Waals surface area contributed by atoms with Gasteiger partial charge in [0.2, 0.25) is 0 Å². The van der Waals surface area contributed by atoms with E-state index in [1.165, 1.54) is 18.9 Å². The minimum atomic E-state index is -0.386. The van der Waals surface area contributed by atoms with Crippen molar-refractivity contribution in [1.82, 2.24) is 14.8 Å². The van der Waals surface area contributed by atoms with Crippen LogP contribution in [0.5, 0.6) is 0 Å². The molecular weight excluding hydrogens is 428 g/mol. The number of amides is 1. The zero-order chi connectivity index (χ0) is 21.7. The molecule has 5 rings (SSSR count). The number of para-hydroxylation sites is 2. The average molecular weight is 455 g/mol. The standard InChI is InChI=1S/C24H26N4O3.ClH/c1-26-16-11-12-17(26)14-15(13-16)25-24(29)22-18-7-3-5-9-20(18)27(2)23(22)19-8-4-6-10-21(19)28(30)31;/h3-10,15-17H,11-14H2,1-2H3,(H,25,29);1H/t15?,16-,17+;. The van der Waals surface area contributed by atoms with E-state index in [1.807, 2.05) is 35.9 Å². The quantitative estimate of drug-likeness (QED) is 0.464. The first kappa shape index (κ1) is 22.3. The third-order valence-electron chi connectivity index (χ3n) is 7.12. The number of benzene rings is 2. The van der Waals surface area contributed by atoms with Crippen molar-refractivity contribution in [1.29, 1.82) is 0 Å². The van der Waals surface area contributed by atoms with E-state index in [4.69, 9.17) is 0 Å². The number of aromatic nitrogens is 1. The summed E-state index contributed by atoms with van der Waals surface area (Å²) in [6.07, 6.45) is 4.27. The maximum absolute atomic E-state index is 13.6. The fourth-order valence-corrected chi connectivity index (χ4v) is 5.56. The van der Waals surface area contributed by atoms with Crippen molar-refractivity contribution in [2.75, 3.05) is 7.05 Å². The van der Waals surface area contributed by atoms with Gasteiger partial charge in [0, 0.05) is 42.1 Å². The lowest BCUT2D eigenvalue weighted by atomic mass is 9.97. The van der Waals surface area contributed by atoms with Gasteiger partial charge in [-0.3, -0.25) is 14.9 Å². The minimum Gasteiger partial charge on any atom is -0.349 e. The molecule has 3 heterocycles. The van der Waals surface area contributed by atoms with Crippen molar-refractivity contribution in [3.05, 3.63) is 64.2 Å². The predicted octanol–water partition coefficient (Wildman–Crippen LogP) is 4.53. The van der Waals surface area contributed by atoms with Crippen LogP contribution in [0.25, 0.3) is 22.2 Å². The number of nitro groups is 1. The summed E-state index contributed by atoms with van der Waals surface area (Å²) < 4.78 is 1.89. The molecular formula is C24H27ClN4O3. The fourth-order valence-electron chi connectivity index (χ4n) is 5.56. The minimum absolute atomic E-state index is 0. The number of rotatable bonds is 4. The summed E-state index contributed by atoms with van der Waals surface area (Å²) >= 11 is 0. The van der Waals surface area contributed by atoms with Crippen LogP contribution in [0.4, 0.5) is 5.69 Å². The zero-order valence-corrected chi connectivity index (χ0v) is 19.0. The number of hydrogen-bond acceptors (Lipinski definition) is 4. The Morgan fingerprint density at radius 3 is 2.34 bits per heavy atom. The number of halogens is 1. The number of nitro benzene ring substituents is 1. The van der Waals surface area contributed by atoms with E-state index in [9.17, 15) is 14.9 Å². The van der Waals surface area contributed by atoms with Crippen molar-refractivity contribution >= 4 is 34.9 Å². The average Bonchev–Trinajstić information content (AvgIpc) is 3.15. The third-order valence-corrected chi connectivity index (χ3v) is 7.12. The summed E-state index contributed by atoms with van der Waals surface area (Å²) in [5.41, 5.74) is 2.43. The number of aryl methyl sites for hydroxylation is 1. The van der Waals surface area contributed by atoms with Crippen LogP contribution in [0.3, 0.4) is 0 Å². The highest BCUT2D eigenvalue weighted by Crippen LogP contribution is 2.38. The van der Waals surface area contributed by atoms with Gasteiger partial charge in [-0.25, -0.2) is 0 Å². The summed E-state index contributed by atoms with van der Waals surface area (Å²) in [7, 11) is 4.04. The van der Waals surface area contributed by atoms with Gasteiger partial charge in [-0.05, 0) is 44.9 Å². The molecule has 3 atom stereocenters. The highest BCUT2D eigenvalue weighted by molar-refractivity contribution is 6.13. The normalized spacial score (nSPS) is 22.5. The van der Waals surface area contributed by atoms with Gasteiger partial charge in [0.1, 0.15) is 0 Å². The molecule has 0 radical (unpaired) electrons. The first-order chi connectivity index (χ1) is 15.0. The van der Waals surface area contributed by atoms with Crippen LogP contribution in [0.1, 0.15) is 36.0 Å². The van der Waals surface area contributed by atoms with Crippen molar-refractivity contribution in [3.8, 4) is 11.3 Å². The molecule has 32 heavy (non-hydrogen) atoms. The van der Waals surface area contributed by atoms with E-state index >= 15 is 0 Å². The number of nitrogens with zero attached hydrogens (tertiary/aromatic N) is 3. The monoisotopic (exact) mass is 454 g/mol. The largest absolute Gasteiger partial charge is 0.349 e. The van der Waals surface area contributed by atoms with Crippen LogP contribution in [0.15, 0.2) is 48.5 Å². The molecule has 8 heteroatoms. The summed E-state index contributed by atoms with van der Waals surface area (Å²) in [4.78, 5) is 27.4. The Morgan fingerprint density at radius 1 is 1.03 bits per heavy atom. The second kappa shape index (κ2) is 8.56. The zero-order valence-electron chi connectivity index (χ0n) is 18.2. The van der Waals surface area contributed by atoms with Gasteiger partial charge in [-0.1, -0.05) is 30.3 Å². The van der Waals surface area contributed by atoms with Crippen molar-refractivity contribution < 1.29 is 9.72 Å². The molecule has 1 unspecified atom stereocenters. The second-order valence-corrected chi connectivity index (χ2v) is 8.77. The summed E-state index contributed by atoms with van der Waals surface area (Å²) in [5.74, 6) is -0.154. The molecule has 2 aliphatic heterocycles. The SMILES string of the molecule is CN1[C@@H]2CC[C@H]1CC(NC(=O)c1c(-c3ccccc3[N+](=O)[O-])n(C)c3ccccc13)C2.Cl. The predicted molar refractivity (Wildman–Crippen MR) is 127 cm³/mol. The van der Waals surface area contributed by atoms with Gasteiger partial charge in [-0.2, -0.15) is 0 Å². The van der Waals surface area contributed by atoms with E-state index in [1.54, 1.807) is 18.2 Å². The Morgan fingerprint density at radius 2 is 1.66 bits per heavy atom. The van der Waals surface area contributed by atoms with Crippen LogP contribution >= 0.6 is 12.4 Å². The molecule has 2 saturated heterocycles.